The van der Waals surface area contributed by atoms with Crippen molar-refractivity contribution in [2.24, 2.45) is 0 Å². The van der Waals surface area contributed by atoms with E-state index in [4.69, 9.17) is 19.9 Å². The molecule has 1 aromatic carbocycles. The number of aromatic nitrogens is 2. The van der Waals surface area contributed by atoms with Gasteiger partial charge in [0.05, 0.1) is 27.0 Å². The third-order valence-electron chi connectivity index (χ3n) is 2.59. The van der Waals surface area contributed by atoms with E-state index in [1.807, 2.05) is 6.07 Å². The lowest BCUT2D eigenvalue weighted by atomic mass is 10.1. The highest BCUT2D eigenvalue weighted by molar-refractivity contribution is 5.75. The normalized spacial score (nSPS) is 10.2. The first-order valence-electron chi connectivity index (χ1n) is 5.31. The van der Waals surface area contributed by atoms with Gasteiger partial charge in [0.25, 0.3) is 0 Å². The lowest BCUT2D eigenvalue weighted by Crippen LogP contribution is -1.97. The molecule has 0 radical (unpaired) electrons. The molecule has 3 N–H and O–H groups in total. The third-order valence-corrected chi connectivity index (χ3v) is 2.59. The molecule has 0 aliphatic heterocycles. The van der Waals surface area contributed by atoms with Gasteiger partial charge < -0.3 is 19.9 Å². The Hall–Kier alpha value is -2.37. The fourth-order valence-electron chi connectivity index (χ4n) is 1.79. The van der Waals surface area contributed by atoms with Crippen molar-refractivity contribution in [3.8, 4) is 28.5 Å². The van der Waals surface area contributed by atoms with Crippen LogP contribution in [0.1, 0.15) is 0 Å². The Labute approximate surface area is 105 Å². The van der Waals surface area contributed by atoms with Crippen LogP contribution in [0.4, 0.5) is 5.82 Å². The fraction of sp³-hybridized carbons (Fsp3) is 0.250. The summed E-state index contributed by atoms with van der Waals surface area (Å²) in [5.74, 6) is 2.12. The molecule has 0 bridgehead atoms. The molecule has 6 heteroatoms. The van der Waals surface area contributed by atoms with Crippen molar-refractivity contribution in [3.05, 3.63) is 18.2 Å². The van der Waals surface area contributed by atoms with Gasteiger partial charge in [-0.2, -0.15) is 5.10 Å². The first-order chi connectivity index (χ1) is 8.71. The van der Waals surface area contributed by atoms with Gasteiger partial charge in [-0.3, -0.25) is 5.10 Å². The van der Waals surface area contributed by atoms with Crippen molar-refractivity contribution in [2.75, 3.05) is 27.1 Å². The highest BCUT2D eigenvalue weighted by Gasteiger charge is 2.17. The van der Waals surface area contributed by atoms with E-state index in [0.717, 1.165) is 11.3 Å². The SMILES string of the molecule is COc1ccc(-c2cc(N)n[nH]2)c(OC)c1OC. The second-order valence-electron chi connectivity index (χ2n) is 3.59. The number of benzene rings is 1. The van der Waals surface area contributed by atoms with Gasteiger partial charge >= 0.3 is 0 Å². The van der Waals surface area contributed by atoms with Crippen LogP contribution in [-0.4, -0.2) is 31.5 Å². The van der Waals surface area contributed by atoms with Crippen LogP contribution in [0.5, 0.6) is 17.2 Å². The summed E-state index contributed by atoms with van der Waals surface area (Å²) in [5, 5.41) is 6.73. The van der Waals surface area contributed by atoms with Crippen molar-refractivity contribution in [3.63, 3.8) is 0 Å². The molecule has 0 saturated heterocycles. The number of nitrogens with one attached hydrogen (secondary N) is 1. The number of methoxy groups -OCH3 is 3. The van der Waals surface area contributed by atoms with E-state index in [1.54, 1.807) is 33.5 Å². The van der Waals surface area contributed by atoms with Gasteiger partial charge in [-0.1, -0.05) is 0 Å². The van der Waals surface area contributed by atoms with Crippen molar-refractivity contribution < 1.29 is 14.2 Å². The Morgan fingerprint density at radius 2 is 1.78 bits per heavy atom. The number of rotatable bonds is 4. The molecule has 0 spiro atoms. The van der Waals surface area contributed by atoms with Crippen molar-refractivity contribution in [1.29, 1.82) is 0 Å². The number of nitrogen functional groups attached to an aromatic ring is 1. The standard InChI is InChI=1S/C12H15N3O3/c1-16-9-5-4-7(8-6-10(13)15-14-8)11(17-2)12(9)18-3/h4-6H,1-3H3,(H3,13,14,15). The molecule has 0 aliphatic rings. The number of hydrogen-bond acceptors (Lipinski definition) is 5. The number of hydrogen-bond donors (Lipinski definition) is 2. The fourth-order valence-corrected chi connectivity index (χ4v) is 1.79. The largest absolute Gasteiger partial charge is 0.493 e. The van der Waals surface area contributed by atoms with Crippen LogP contribution < -0.4 is 19.9 Å². The van der Waals surface area contributed by atoms with E-state index < -0.39 is 0 Å². The zero-order chi connectivity index (χ0) is 13.1. The molecule has 0 saturated carbocycles. The summed E-state index contributed by atoms with van der Waals surface area (Å²) >= 11 is 0. The van der Waals surface area contributed by atoms with Crippen molar-refractivity contribution in [1.82, 2.24) is 10.2 Å². The maximum Gasteiger partial charge on any atom is 0.203 e. The maximum atomic E-state index is 5.59. The molecule has 0 amide bonds. The van der Waals surface area contributed by atoms with Crippen LogP contribution >= 0.6 is 0 Å². The van der Waals surface area contributed by atoms with E-state index >= 15 is 0 Å². The Kier molecular flexibility index (Phi) is 3.27. The van der Waals surface area contributed by atoms with Crippen LogP contribution in [0, 0.1) is 0 Å². The second kappa shape index (κ2) is 4.87. The number of anilines is 1. The maximum absolute atomic E-state index is 5.59. The molecular weight excluding hydrogens is 234 g/mol. The zero-order valence-electron chi connectivity index (χ0n) is 10.5. The number of ether oxygens (including phenoxy) is 3. The molecule has 18 heavy (non-hydrogen) atoms. The topological polar surface area (TPSA) is 82.4 Å². The number of aromatic amines is 1. The van der Waals surface area contributed by atoms with E-state index in [9.17, 15) is 0 Å². The van der Waals surface area contributed by atoms with Gasteiger partial charge in [0.1, 0.15) is 5.82 Å². The second-order valence-corrected chi connectivity index (χ2v) is 3.59. The van der Waals surface area contributed by atoms with Gasteiger partial charge in [0, 0.05) is 11.6 Å². The molecule has 0 fully saturated rings. The molecule has 0 unspecified atom stereocenters. The molecule has 1 heterocycles. The zero-order valence-corrected chi connectivity index (χ0v) is 10.5. The van der Waals surface area contributed by atoms with Gasteiger partial charge in [0.15, 0.2) is 11.5 Å². The van der Waals surface area contributed by atoms with Gasteiger partial charge in [-0.05, 0) is 12.1 Å². The summed E-state index contributed by atoms with van der Waals surface area (Å²) in [5.41, 5.74) is 7.15. The third kappa shape index (κ3) is 1.92. The quantitative estimate of drug-likeness (QED) is 0.861. The first-order valence-corrected chi connectivity index (χ1v) is 5.31. The van der Waals surface area contributed by atoms with Crippen LogP contribution in [0.3, 0.4) is 0 Å². The lowest BCUT2D eigenvalue weighted by Gasteiger charge is -2.14. The Morgan fingerprint density at radius 3 is 2.28 bits per heavy atom. The molecule has 2 rings (SSSR count). The predicted molar refractivity (Wildman–Crippen MR) is 68.1 cm³/mol. The summed E-state index contributed by atoms with van der Waals surface area (Å²) < 4.78 is 15.9. The van der Waals surface area contributed by atoms with Gasteiger partial charge in [-0.25, -0.2) is 0 Å². The molecule has 96 valence electrons. The Morgan fingerprint density at radius 1 is 1.06 bits per heavy atom. The van der Waals surface area contributed by atoms with Gasteiger partial charge in [-0.15, -0.1) is 0 Å². The summed E-state index contributed by atoms with van der Waals surface area (Å²) in [7, 11) is 4.71. The summed E-state index contributed by atoms with van der Waals surface area (Å²) in [6.07, 6.45) is 0. The average Bonchev–Trinajstić information content (AvgIpc) is 2.83. The van der Waals surface area contributed by atoms with Crippen molar-refractivity contribution >= 4 is 5.82 Å². The van der Waals surface area contributed by atoms with E-state index in [1.165, 1.54) is 0 Å². The molecule has 1 aromatic heterocycles. The minimum absolute atomic E-state index is 0.418. The summed E-state index contributed by atoms with van der Waals surface area (Å²) in [4.78, 5) is 0. The predicted octanol–water partition coefficient (Wildman–Crippen LogP) is 1.68. The van der Waals surface area contributed by atoms with E-state index in [0.29, 0.717) is 23.1 Å². The number of nitrogens with zero attached hydrogens (tertiary/aromatic N) is 1. The van der Waals surface area contributed by atoms with E-state index in [-0.39, 0.29) is 0 Å². The smallest absolute Gasteiger partial charge is 0.203 e. The highest BCUT2D eigenvalue weighted by Crippen LogP contribution is 2.43. The molecule has 6 nitrogen and oxygen atoms in total. The number of H-pyrrole nitrogens is 1. The van der Waals surface area contributed by atoms with Crippen molar-refractivity contribution in [2.45, 2.75) is 0 Å². The Bertz CT molecular complexity index is 551. The van der Waals surface area contributed by atoms with Crippen LogP contribution in [0.25, 0.3) is 11.3 Å². The highest BCUT2D eigenvalue weighted by atomic mass is 16.5. The van der Waals surface area contributed by atoms with Crippen LogP contribution in [-0.2, 0) is 0 Å². The summed E-state index contributed by atoms with van der Waals surface area (Å²) in [6.45, 7) is 0. The molecule has 0 atom stereocenters. The average molecular weight is 249 g/mol. The van der Waals surface area contributed by atoms with Crippen LogP contribution in [0.2, 0.25) is 0 Å². The Balaban J connectivity index is 2.61. The minimum Gasteiger partial charge on any atom is -0.493 e. The van der Waals surface area contributed by atoms with E-state index in [2.05, 4.69) is 10.2 Å². The molecule has 2 aromatic rings. The monoisotopic (exact) mass is 249 g/mol. The molecular formula is C12H15N3O3. The lowest BCUT2D eigenvalue weighted by molar-refractivity contribution is 0.325. The molecule has 0 aliphatic carbocycles. The minimum atomic E-state index is 0.418. The first kappa shape index (κ1) is 12.1. The van der Waals surface area contributed by atoms with Crippen LogP contribution in [0.15, 0.2) is 18.2 Å². The van der Waals surface area contributed by atoms with Gasteiger partial charge in [0.2, 0.25) is 5.75 Å². The summed E-state index contributed by atoms with van der Waals surface area (Å²) in [6, 6.07) is 5.38. The number of nitrogens with two attached hydrogens (primary N) is 1.